The minimum absolute atomic E-state index is 0.114. The molecule has 0 aliphatic heterocycles. The highest BCUT2D eigenvalue weighted by Crippen LogP contribution is 2.30. The van der Waals surface area contributed by atoms with E-state index in [1.54, 1.807) is 25.3 Å². The van der Waals surface area contributed by atoms with Crippen LogP contribution < -0.4 is 14.8 Å². The van der Waals surface area contributed by atoms with E-state index in [1.165, 1.54) is 0 Å². The van der Waals surface area contributed by atoms with Gasteiger partial charge in [0.05, 0.1) is 12.7 Å². The van der Waals surface area contributed by atoms with Crippen LogP contribution in [0.2, 0.25) is 0 Å². The molecule has 0 aliphatic rings. The number of carbonyl (C=O) groups is 1. The molecule has 4 rings (SSSR count). The molecule has 7 heteroatoms. The molecule has 30 heavy (non-hydrogen) atoms. The lowest BCUT2D eigenvalue weighted by molar-refractivity contribution is -0.118. The molecule has 1 aromatic heterocycles. The summed E-state index contributed by atoms with van der Waals surface area (Å²) in [6.07, 6.45) is 0. The fraction of sp³-hybridized carbons (Fsp3) is 0.0870. The second-order valence-electron chi connectivity index (χ2n) is 6.35. The van der Waals surface area contributed by atoms with Crippen LogP contribution in [-0.4, -0.2) is 29.8 Å². The summed E-state index contributed by atoms with van der Waals surface area (Å²) in [5.41, 5.74) is 2.14. The number of anilines is 1. The summed E-state index contributed by atoms with van der Waals surface area (Å²) in [7, 11) is 1.59. The summed E-state index contributed by atoms with van der Waals surface area (Å²) < 4.78 is 16.4. The van der Waals surface area contributed by atoms with Gasteiger partial charge in [0.2, 0.25) is 5.82 Å². The van der Waals surface area contributed by atoms with Crippen molar-refractivity contribution in [3.8, 4) is 34.3 Å². The van der Waals surface area contributed by atoms with E-state index in [0.717, 1.165) is 5.69 Å². The zero-order chi connectivity index (χ0) is 20.8. The van der Waals surface area contributed by atoms with Crippen LogP contribution >= 0.6 is 0 Å². The van der Waals surface area contributed by atoms with Gasteiger partial charge in [-0.15, -0.1) is 0 Å². The smallest absolute Gasteiger partial charge is 0.262 e. The van der Waals surface area contributed by atoms with Crippen molar-refractivity contribution in [1.29, 1.82) is 0 Å². The number of carbonyl (C=O) groups excluding carboxylic acids is 1. The van der Waals surface area contributed by atoms with Gasteiger partial charge in [-0.05, 0) is 36.4 Å². The molecule has 0 radical (unpaired) electrons. The van der Waals surface area contributed by atoms with Crippen molar-refractivity contribution in [2.24, 2.45) is 0 Å². The minimum atomic E-state index is -0.246. The van der Waals surface area contributed by atoms with Gasteiger partial charge >= 0.3 is 0 Å². The maximum absolute atomic E-state index is 12.1. The van der Waals surface area contributed by atoms with Crippen LogP contribution in [0.5, 0.6) is 11.5 Å². The molecule has 0 saturated heterocycles. The molecule has 1 heterocycles. The predicted octanol–water partition coefficient (Wildman–Crippen LogP) is 4.43. The molecule has 0 unspecified atom stereocenters. The Bertz CT molecular complexity index is 1140. The molecule has 150 valence electrons. The molecule has 0 fully saturated rings. The number of methoxy groups -OCH3 is 1. The number of aromatic nitrogens is 2. The average molecular weight is 401 g/mol. The Hall–Kier alpha value is -4.13. The van der Waals surface area contributed by atoms with E-state index < -0.39 is 0 Å². The van der Waals surface area contributed by atoms with E-state index >= 15 is 0 Å². The van der Waals surface area contributed by atoms with Crippen LogP contribution in [0.3, 0.4) is 0 Å². The van der Waals surface area contributed by atoms with Crippen molar-refractivity contribution in [3.05, 3.63) is 78.9 Å². The highest BCUT2D eigenvalue weighted by molar-refractivity contribution is 5.91. The molecular weight excluding hydrogens is 382 g/mol. The third kappa shape index (κ3) is 4.47. The lowest BCUT2D eigenvalue weighted by atomic mass is 10.2. The first-order valence-electron chi connectivity index (χ1n) is 9.28. The van der Waals surface area contributed by atoms with E-state index in [1.807, 2.05) is 60.7 Å². The lowest BCUT2D eigenvalue weighted by Gasteiger charge is -2.08. The standard InChI is InChI=1S/C23H19N3O4/c1-28-20-13-6-5-12-19(20)23-25-22(26-30-23)16-8-7-11-18(14-16)29-15-21(27)24-17-9-3-2-4-10-17/h2-14H,15H2,1H3,(H,24,27). The summed E-state index contributed by atoms with van der Waals surface area (Å²) in [5.74, 6) is 1.70. The summed E-state index contributed by atoms with van der Waals surface area (Å²) in [5, 5.41) is 6.83. The Morgan fingerprint density at radius 1 is 1.00 bits per heavy atom. The SMILES string of the molecule is COc1ccccc1-c1nc(-c2cccc(OCC(=O)Nc3ccccc3)c2)no1. The fourth-order valence-electron chi connectivity index (χ4n) is 2.86. The highest BCUT2D eigenvalue weighted by Gasteiger charge is 2.15. The van der Waals surface area contributed by atoms with E-state index in [4.69, 9.17) is 14.0 Å². The second kappa shape index (κ2) is 8.91. The number of benzene rings is 3. The van der Waals surface area contributed by atoms with E-state index in [0.29, 0.717) is 34.3 Å². The van der Waals surface area contributed by atoms with Crippen molar-refractivity contribution >= 4 is 11.6 Å². The molecule has 0 atom stereocenters. The van der Waals surface area contributed by atoms with E-state index in [2.05, 4.69) is 15.5 Å². The van der Waals surface area contributed by atoms with Crippen LogP contribution in [0, 0.1) is 0 Å². The molecular formula is C23H19N3O4. The van der Waals surface area contributed by atoms with Gasteiger partial charge in [0.15, 0.2) is 6.61 Å². The molecule has 0 saturated carbocycles. The van der Waals surface area contributed by atoms with Gasteiger partial charge in [-0.3, -0.25) is 4.79 Å². The summed E-state index contributed by atoms with van der Waals surface area (Å²) >= 11 is 0. The van der Waals surface area contributed by atoms with Crippen LogP contribution in [-0.2, 0) is 4.79 Å². The Morgan fingerprint density at radius 2 is 1.80 bits per heavy atom. The number of hydrogen-bond acceptors (Lipinski definition) is 6. The first kappa shape index (κ1) is 19.2. The molecule has 1 amide bonds. The summed E-state index contributed by atoms with van der Waals surface area (Å²) in [4.78, 5) is 16.5. The topological polar surface area (TPSA) is 86.5 Å². The van der Waals surface area contributed by atoms with Crippen LogP contribution in [0.4, 0.5) is 5.69 Å². The third-order valence-corrected chi connectivity index (χ3v) is 4.28. The Morgan fingerprint density at radius 3 is 2.63 bits per heavy atom. The molecule has 0 spiro atoms. The predicted molar refractivity (Wildman–Crippen MR) is 112 cm³/mol. The van der Waals surface area contributed by atoms with Crippen LogP contribution in [0.15, 0.2) is 83.4 Å². The molecule has 7 nitrogen and oxygen atoms in total. The van der Waals surface area contributed by atoms with Crippen molar-refractivity contribution in [3.63, 3.8) is 0 Å². The Labute approximate surface area is 173 Å². The number of ether oxygens (including phenoxy) is 2. The van der Waals surface area contributed by atoms with Gasteiger partial charge < -0.3 is 19.3 Å². The number of rotatable bonds is 7. The zero-order valence-corrected chi connectivity index (χ0v) is 16.2. The number of hydrogen-bond donors (Lipinski definition) is 1. The van der Waals surface area contributed by atoms with Crippen molar-refractivity contribution < 1.29 is 18.8 Å². The average Bonchev–Trinajstić information content (AvgIpc) is 3.29. The van der Waals surface area contributed by atoms with Gasteiger partial charge in [-0.1, -0.05) is 47.6 Å². The Balaban J connectivity index is 1.45. The highest BCUT2D eigenvalue weighted by atomic mass is 16.5. The number of para-hydroxylation sites is 2. The van der Waals surface area contributed by atoms with Gasteiger partial charge in [0.1, 0.15) is 11.5 Å². The number of nitrogens with one attached hydrogen (secondary N) is 1. The maximum atomic E-state index is 12.1. The van der Waals surface area contributed by atoms with Crippen LogP contribution in [0.25, 0.3) is 22.8 Å². The number of amides is 1. The van der Waals surface area contributed by atoms with Gasteiger partial charge in [0.25, 0.3) is 11.8 Å². The fourth-order valence-corrected chi connectivity index (χ4v) is 2.86. The molecule has 0 bridgehead atoms. The van der Waals surface area contributed by atoms with Gasteiger partial charge in [0, 0.05) is 11.3 Å². The molecule has 4 aromatic rings. The van der Waals surface area contributed by atoms with Crippen molar-refractivity contribution in [2.75, 3.05) is 19.0 Å². The van der Waals surface area contributed by atoms with E-state index in [9.17, 15) is 4.79 Å². The van der Waals surface area contributed by atoms with Crippen molar-refractivity contribution in [2.45, 2.75) is 0 Å². The quantitative estimate of drug-likeness (QED) is 0.493. The van der Waals surface area contributed by atoms with E-state index in [-0.39, 0.29) is 12.5 Å². The number of nitrogens with zero attached hydrogens (tertiary/aromatic N) is 2. The first-order valence-corrected chi connectivity index (χ1v) is 9.28. The van der Waals surface area contributed by atoms with Gasteiger partial charge in [-0.25, -0.2) is 0 Å². The third-order valence-electron chi connectivity index (χ3n) is 4.28. The van der Waals surface area contributed by atoms with Crippen molar-refractivity contribution in [1.82, 2.24) is 10.1 Å². The minimum Gasteiger partial charge on any atom is -0.496 e. The monoisotopic (exact) mass is 401 g/mol. The Kier molecular flexibility index (Phi) is 5.70. The molecule has 3 aromatic carbocycles. The summed E-state index contributed by atoms with van der Waals surface area (Å²) in [6, 6.07) is 23.8. The zero-order valence-electron chi connectivity index (χ0n) is 16.2. The molecule has 1 N–H and O–H groups in total. The second-order valence-corrected chi connectivity index (χ2v) is 6.35. The lowest BCUT2D eigenvalue weighted by Crippen LogP contribution is -2.20. The first-order chi connectivity index (χ1) is 14.7. The largest absolute Gasteiger partial charge is 0.496 e. The summed E-state index contributed by atoms with van der Waals surface area (Å²) in [6.45, 7) is -0.114. The maximum Gasteiger partial charge on any atom is 0.262 e. The normalized spacial score (nSPS) is 10.4. The van der Waals surface area contributed by atoms with Crippen LogP contribution in [0.1, 0.15) is 0 Å². The molecule has 0 aliphatic carbocycles. The van der Waals surface area contributed by atoms with Gasteiger partial charge in [-0.2, -0.15) is 4.98 Å².